The normalized spacial score (nSPS) is 11.6. The van der Waals surface area contributed by atoms with Gasteiger partial charge in [0.15, 0.2) is 0 Å². The number of hydrazine groups is 1. The van der Waals surface area contributed by atoms with Crippen LogP contribution < -0.4 is 21.9 Å². The van der Waals surface area contributed by atoms with Crippen molar-refractivity contribution >= 4 is 63.8 Å². The summed E-state index contributed by atoms with van der Waals surface area (Å²) in [6, 6.07) is 5.37. The Hall–Kier alpha value is -1.67. The lowest BCUT2D eigenvalue weighted by Gasteiger charge is -2.17. The maximum absolute atomic E-state index is 12.1. The number of nitrogens with one attached hydrogen (secondary N) is 3. The zero-order valence-corrected chi connectivity index (χ0v) is 15.2. The van der Waals surface area contributed by atoms with E-state index in [1.165, 1.54) is 23.5 Å². The molecule has 5 N–H and O–H groups in total. The smallest absolute Gasteiger partial charge is 0.312 e. The van der Waals surface area contributed by atoms with Crippen LogP contribution in [0.4, 0.5) is 10.5 Å². The summed E-state index contributed by atoms with van der Waals surface area (Å²) < 4.78 is 0. The number of hydrogen-bond donors (Lipinski definition) is 4. The minimum atomic E-state index is -0.710. The first-order valence-electron chi connectivity index (χ1n) is 6.65. The van der Waals surface area contributed by atoms with Crippen LogP contribution in [-0.2, 0) is 4.79 Å². The monoisotopic (exact) mass is 406 g/mol. The van der Waals surface area contributed by atoms with Gasteiger partial charge < -0.3 is 11.1 Å². The van der Waals surface area contributed by atoms with E-state index in [1.54, 1.807) is 6.07 Å². The minimum Gasteiger partial charge on any atom is -0.352 e. The van der Waals surface area contributed by atoms with Crippen LogP contribution in [0.5, 0.6) is 0 Å². The van der Waals surface area contributed by atoms with E-state index in [-0.39, 0.29) is 22.4 Å². The molecule has 1 atom stereocenters. The van der Waals surface area contributed by atoms with Crippen LogP contribution in [-0.4, -0.2) is 11.9 Å². The molecule has 0 radical (unpaired) electrons. The van der Waals surface area contributed by atoms with Gasteiger partial charge in [0.2, 0.25) is 5.91 Å². The third-order valence-electron chi connectivity index (χ3n) is 2.93. The predicted octanol–water partition coefficient (Wildman–Crippen LogP) is 3.95. The largest absolute Gasteiger partial charge is 0.352 e. The van der Waals surface area contributed by atoms with E-state index in [0.717, 1.165) is 4.88 Å². The molecule has 10 heteroatoms. The zero-order valence-electron chi connectivity index (χ0n) is 12.1. The van der Waals surface area contributed by atoms with Gasteiger partial charge in [-0.05, 0) is 23.6 Å². The first-order valence-corrected chi connectivity index (χ1v) is 8.67. The lowest BCUT2D eigenvalue weighted by atomic mass is 10.1. The molecule has 24 heavy (non-hydrogen) atoms. The fourth-order valence-corrected chi connectivity index (χ4v) is 3.60. The molecule has 0 bridgehead atoms. The summed E-state index contributed by atoms with van der Waals surface area (Å²) in [5, 5.41) is 5.28. The lowest BCUT2D eigenvalue weighted by Crippen LogP contribution is -2.37. The van der Waals surface area contributed by atoms with E-state index < -0.39 is 12.1 Å². The Morgan fingerprint density at radius 1 is 1.21 bits per heavy atom. The molecule has 2 rings (SSSR count). The maximum atomic E-state index is 12.1. The topological polar surface area (TPSA) is 96.2 Å². The highest BCUT2D eigenvalue weighted by Crippen LogP contribution is 2.33. The van der Waals surface area contributed by atoms with E-state index in [0.29, 0.717) is 10.7 Å². The number of carbonyl (C=O) groups is 2. The highest BCUT2D eigenvalue weighted by molar-refractivity contribution is 7.10. The van der Waals surface area contributed by atoms with E-state index >= 15 is 0 Å². The van der Waals surface area contributed by atoms with Gasteiger partial charge in [-0.25, -0.2) is 4.79 Å². The molecule has 2 aromatic rings. The van der Waals surface area contributed by atoms with Crippen molar-refractivity contribution in [1.82, 2.24) is 10.7 Å². The SMILES string of the molecule is NC(=O)NC(CC(=O)NNc1c(Cl)cc(Cl)cc1Cl)c1cccs1. The van der Waals surface area contributed by atoms with Crippen molar-refractivity contribution in [3.05, 3.63) is 49.6 Å². The molecule has 128 valence electrons. The molecule has 6 nitrogen and oxygen atoms in total. The molecule has 0 aliphatic carbocycles. The molecule has 1 aromatic heterocycles. The molecule has 1 heterocycles. The van der Waals surface area contributed by atoms with E-state index in [2.05, 4.69) is 16.2 Å². The lowest BCUT2D eigenvalue weighted by molar-refractivity contribution is -0.121. The van der Waals surface area contributed by atoms with Crippen molar-refractivity contribution in [1.29, 1.82) is 0 Å². The molecule has 0 fully saturated rings. The van der Waals surface area contributed by atoms with Gasteiger partial charge in [-0.15, -0.1) is 11.3 Å². The Bertz CT molecular complexity index is 717. The maximum Gasteiger partial charge on any atom is 0.312 e. The highest BCUT2D eigenvalue weighted by Gasteiger charge is 2.18. The third-order valence-corrected chi connectivity index (χ3v) is 4.73. The Kier molecular flexibility index (Phi) is 6.56. The number of anilines is 1. The van der Waals surface area contributed by atoms with Gasteiger partial charge in [-0.1, -0.05) is 40.9 Å². The summed E-state index contributed by atoms with van der Waals surface area (Å²) in [7, 11) is 0. The summed E-state index contributed by atoms with van der Waals surface area (Å²) >= 11 is 19.3. The van der Waals surface area contributed by atoms with Gasteiger partial charge in [0.05, 0.1) is 28.2 Å². The first-order chi connectivity index (χ1) is 11.4. The minimum absolute atomic E-state index is 0.0146. The summed E-state index contributed by atoms with van der Waals surface area (Å²) in [5.41, 5.74) is 10.6. The van der Waals surface area contributed by atoms with Gasteiger partial charge in [0.1, 0.15) is 0 Å². The van der Waals surface area contributed by atoms with Crippen LogP contribution >= 0.6 is 46.1 Å². The van der Waals surface area contributed by atoms with Crippen LogP contribution in [0, 0.1) is 0 Å². The summed E-state index contributed by atoms with van der Waals surface area (Å²) in [6.45, 7) is 0. The second-order valence-corrected chi connectivity index (χ2v) is 6.93. The standard InChI is InChI=1S/C14H13Cl3N4O2S/c15-7-4-8(16)13(9(17)5-7)21-20-12(22)6-10(19-14(18)23)11-2-1-3-24-11/h1-5,10,21H,6H2,(H,20,22)(H3,18,19,23). The average Bonchev–Trinajstić information content (AvgIpc) is 2.99. The Labute approximate surface area is 157 Å². The molecule has 0 saturated carbocycles. The number of hydrogen-bond acceptors (Lipinski definition) is 4. The van der Waals surface area contributed by atoms with Gasteiger partial charge in [0, 0.05) is 9.90 Å². The van der Waals surface area contributed by atoms with E-state index in [1.807, 2.05) is 11.4 Å². The zero-order chi connectivity index (χ0) is 17.7. The summed E-state index contributed by atoms with van der Waals surface area (Å²) in [5.74, 6) is -0.385. The summed E-state index contributed by atoms with van der Waals surface area (Å²) in [6.07, 6.45) is -0.0146. The molecular formula is C14H13Cl3N4O2S. The van der Waals surface area contributed by atoms with Crippen molar-refractivity contribution in [2.45, 2.75) is 12.5 Å². The van der Waals surface area contributed by atoms with Gasteiger partial charge in [-0.3, -0.25) is 15.6 Å². The second kappa shape index (κ2) is 8.43. The van der Waals surface area contributed by atoms with Gasteiger partial charge in [0.25, 0.3) is 0 Å². The van der Waals surface area contributed by atoms with Crippen LogP contribution in [0.2, 0.25) is 15.1 Å². The third kappa shape index (κ3) is 5.17. The van der Waals surface area contributed by atoms with Crippen LogP contribution in [0.25, 0.3) is 0 Å². The predicted molar refractivity (Wildman–Crippen MR) is 97.6 cm³/mol. The molecular weight excluding hydrogens is 395 g/mol. The molecule has 0 spiro atoms. The van der Waals surface area contributed by atoms with Gasteiger partial charge in [-0.2, -0.15) is 0 Å². The number of halogens is 3. The number of benzene rings is 1. The van der Waals surface area contributed by atoms with Crippen molar-refractivity contribution < 1.29 is 9.59 Å². The number of nitrogens with two attached hydrogens (primary N) is 1. The highest BCUT2D eigenvalue weighted by atomic mass is 35.5. The number of urea groups is 1. The van der Waals surface area contributed by atoms with Crippen molar-refractivity contribution in [2.75, 3.05) is 5.43 Å². The number of amides is 3. The van der Waals surface area contributed by atoms with Crippen molar-refractivity contribution in [2.24, 2.45) is 5.73 Å². The number of rotatable bonds is 6. The molecule has 0 saturated heterocycles. The number of thiophene rings is 1. The van der Waals surface area contributed by atoms with Gasteiger partial charge >= 0.3 is 6.03 Å². The van der Waals surface area contributed by atoms with Crippen molar-refractivity contribution in [3.8, 4) is 0 Å². The Morgan fingerprint density at radius 3 is 2.42 bits per heavy atom. The first kappa shape index (κ1) is 18.7. The van der Waals surface area contributed by atoms with Crippen LogP contribution in [0.3, 0.4) is 0 Å². The second-order valence-electron chi connectivity index (χ2n) is 4.70. The van der Waals surface area contributed by atoms with Crippen molar-refractivity contribution in [3.63, 3.8) is 0 Å². The molecule has 0 aliphatic rings. The van der Waals surface area contributed by atoms with E-state index in [4.69, 9.17) is 40.5 Å². The van der Waals surface area contributed by atoms with E-state index in [9.17, 15) is 9.59 Å². The van der Waals surface area contributed by atoms with Crippen LogP contribution in [0.15, 0.2) is 29.6 Å². The number of primary amides is 1. The fourth-order valence-electron chi connectivity index (χ4n) is 1.91. The molecule has 0 aliphatic heterocycles. The Balaban J connectivity index is 2.00. The molecule has 3 amide bonds. The fraction of sp³-hybridized carbons (Fsp3) is 0.143. The quantitative estimate of drug-likeness (QED) is 0.546. The Morgan fingerprint density at radius 2 is 1.88 bits per heavy atom. The number of carbonyl (C=O) groups excluding carboxylic acids is 2. The molecule has 1 aromatic carbocycles. The van der Waals surface area contributed by atoms with Crippen LogP contribution in [0.1, 0.15) is 17.3 Å². The molecule has 1 unspecified atom stereocenters. The average molecular weight is 408 g/mol. The summed E-state index contributed by atoms with van der Waals surface area (Å²) in [4.78, 5) is 24.0.